The first-order chi connectivity index (χ1) is 6.09. The van der Waals surface area contributed by atoms with Gasteiger partial charge in [0.05, 0.1) is 11.4 Å². The molecule has 2 rings (SSSR count). The minimum absolute atomic E-state index is 0.983. The van der Waals surface area contributed by atoms with Gasteiger partial charge in [0.2, 0.25) is 0 Å². The highest BCUT2D eigenvalue weighted by atomic mass is 15.1. The summed E-state index contributed by atoms with van der Waals surface area (Å²) < 4.78 is 2.18. The van der Waals surface area contributed by atoms with Crippen LogP contribution in [-0.4, -0.2) is 4.57 Å². The zero-order valence-electron chi connectivity index (χ0n) is 8.31. The quantitative estimate of drug-likeness (QED) is 0.639. The van der Waals surface area contributed by atoms with E-state index >= 15 is 0 Å². The van der Waals surface area contributed by atoms with Crippen molar-refractivity contribution in [1.82, 2.24) is 9.88 Å². The summed E-state index contributed by atoms with van der Waals surface area (Å²) in [5, 5.41) is 3.26. The normalized spacial score (nSPS) is 15.8. The lowest BCUT2D eigenvalue weighted by Gasteiger charge is -2.22. The number of allylic oxidation sites excluding steroid dienone is 2. The molecule has 1 N–H and O–H groups in total. The Morgan fingerprint density at radius 2 is 2.00 bits per heavy atom. The second-order valence-electron chi connectivity index (χ2n) is 3.59. The molecule has 0 bridgehead atoms. The number of aryl methyl sites for hydroxylation is 1. The van der Waals surface area contributed by atoms with E-state index in [9.17, 15) is 0 Å². The van der Waals surface area contributed by atoms with Crippen LogP contribution >= 0.6 is 0 Å². The third-order valence-corrected chi connectivity index (χ3v) is 2.51. The van der Waals surface area contributed by atoms with Gasteiger partial charge in [-0.3, -0.25) is 0 Å². The summed E-state index contributed by atoms with van der Waals surface area (Å²) in [5.74, 6) is 0. The summed E-state index contributed by atoms with van der Waals surface area (Å²) in [5.41, 5.74) is 5.84. The van der Waals surface area contributed by atoms with Crippen LogP contribution in [0, 0.1) is 6.92 Å². The van der Waals surface area contributed by atoms with E-state index in [2.05, 4.69) is 49.5 Å². The van der Waals surface area contributed by atoms with Gasteiger partial charge in [0.1, 0.15) is 0 Å². The molecule has 0 amide bonds. The van der Waals surface area contributed by atoms with Gasteiger partial charge >= 0.3 is 0 Å². The van der Waals surface area contributed by atoms with Gasteiger partial charge in [0, 0.05) is 17.6 Å². The van der Waals surface area contributed by atoms with Gasteiger partial charge in [0.15, 0.2) is 0 Å². The summed E-state index contributed by atoms with van der Waals surface area (Å²) >= 11 is 0. The molecule has 0 aliphatic carbocycles. The molecule has 13 heavy (non-hydrogen) atoms. The Kier molecular flexibility index (Phi) is 1.59. The molecule has 0 spiro atoms. The van der Waals surface area contributed by atoms with E-state index < -0.39 is 0 Å². The van der Waals surface area contributed by atoms with Crippen LogP contribution in [0.1, 0.15) is 25.1 Å². The van der Waals surface area contributed by atoms with Gasteiger partial charge in [0.25, 0.3) is 0 Å². The molecule has 1 aliphatic heterocycles. The third-order valence-electron chi connectivity index (χ3n) is 2.51. The molecule has 1 aromatic heterocycles. The van der Waals surface area contributed by atoms with Gasteiger partial charge in [-0.1, -0.05) is 6.58 Å². The molecule has 0 fully saturated rings. The van der Waals surface area contributed by atoms with E-state index in [0.717, 1.165) is 5.70 Å². The van der Waals surface area contributed by atoms with Crippen LogP contribution in [-0.2, 0) is 0 Å². The smallest absolute Gasteiger partial charge is 0.0686 e. The fourth-order valence-electron chi connectivity index (χ4n) is 1.67. The lowest BCUT2D eigenvalue weighted by atomic mass is 10.2. The second kappa shape index (κ2) is 2.52. The molecule has 2 heterocycles. The summed E-state index contributed by atoms with van der Waals surface area (Å²) in [6.45, 7) is 10.3. The average Bonchev–Trinajstić information content (AvgIpc) is 2.44. The molecule has 1 aromatic rings. The van der Waals surface area contributed by atoms with E-state index in [4.69, 9.17) is 0 Å². The first kappa shape index (κ1) is 8.17. The third kappa shape index (κ3) is 1.10. The molecule has 2 nitrogen and oxygen atoms in total. The van der Waals surface area contributed by atoms with Crippen LogP contribution in [0.15, 0.2) is 24.5 Å². The minimum Gasteiger partial charge on any atom is -0.356 e. The Hall–Kier alpha value is -1.44. The maximum absolute atomic E-state index is 3.99. The highest BCUT2D eigenvalue weighted by Gasteiger charge is 2.15. The summed E-state index contributed by atoms with van der Waals surface area (Å²) in [7, 11) is 0. The molecule has 0 aromatic carbocycles. The van der Waals surface area contributed by atoms with Crippen LogP contribution in [0.25, 0.3) is 11.4 Å². The van der Waals surface area contributed by atoms with E-state index in [1.165, 1.54) is 22.7 Å². The van der Waals surface area contributed by atoms with Crippen molar-refractivity contribution in [3.8, 4) is 0 Å². The molecule has 0 saturated heterocycles. The molecule has 0 atom stereocenters. The molecule has 0 unspecified atom stereocenters. The largest absolute Gasteiger partial charge is 0.356 e. The van der Waals surface area contributed by atoms with Crippen LogP contribution in [0.4, 0.5) is 0 Å². The van der Waals surface area contributed by atoms with E-state index in [-0.39, 0.29) is 0 Å². The first-order valence-corrected chi connectivity index (χ1v) is 4.42. The lowest BCUT2D eigenvalue weighted by molar-refractivity contribution is 0.932. The minimum atomic E-state index is 0.983. The number of nitrogens with one attached hydrogen (secondary N) is 1. The van der Waals surface area contributed by atoms with E-state index in [1.54, 1.807) is 0 Å². The zero-order valence-corrected chi connectivity index (χ0v) is 8.31. The van der Waals surface area contributed by atoms with Crippen LogP contribution in [0.5, 0.6) is 0 Å². The predicted molar refractivity (Wildman–Crippen MR) is 55.9 cm³/mol. The molecule has 0 radical (unpaired) electrons. The summed E-state index contributed by atoms with van der Waals surface area (Å²) in [6.07, 6.45) is 2.14. The Labute approximate surface area is 78.6 Å². The van der Waals surface area contributed by atoms with E-state index in [1.807, 2.05) is 0 Å². The molecule has 68 valence electrons. The predicted octanol–water partition coefficient (Wildman–Crippen LogP) is 2.58. The number of hydrogen-bond acceptors (Lipinski definition) is 1. The van der Waals surface area contributed by atoms with Crippen molar-refractivity contribution in [2.45, 2.75) is 20.8 Å². The number of fused-ring (bicyclic) bond motifs is 1. The maximum Gasteiger partial charge on any atom is 0.0686 e. The van der Waals surface area contributed by atoms with Crippen molar-refractivity contribution in [3.05, 3.63) is 35.8 Å². The fourth-order valence-corrected chi connectivity index (χ4v) is 1.67. The SMILES string of the molecule is C=C1NC(C)=C(C)n2cc(C)cc21. The summed E-state index contributed by atoms with van der Waals surface area (Å²) in [6, 6.07) is 2.14. The van der Waals surface area contributed by atoms with Crippen LogP contribution < -0.4 is 5.32 Å². The van der Waals surface area contributed by atoms with Gasteiger partial charge in [-0.05, 0) is 32.4 Å². The number of rotatable bonds is 0. The van der Waals surface area contributed by atoms with Gasteiger partial charge in [-0.15, -0.1) is 0 Å². The molecular weight excluding hydrogens is 160 g/mol. The Morgan fingerprint density at radius 3 is 2.69 bits per heavy atom. The van der Waals surface area contributed by atoms with Gasteiger partial charge in [-0.25, -0.2) is 0 Å². The molecule has 0 saturated carbocycles. The van der Waals surface area contributed by atoms with Crippen molar-refractivity contribution in [3.63, 3.8) is 0 Å². The number of aromatic nitrogens is 1. The Balaban J connectivity index is 2.68. The standard InChI is InChI=1S/C11H14N2/c1-7-5-11-9(3)12-8(2)10(4)13(11)6-7/h5-6,12H,3H2,1-2,4H3. The zero-order chi connectivity index (χ0) is 9.59. The maximum atomic E-state index is 3.99. The van der Waals surface area contributed by atoms with Crippen LogP contribution in [0.2, 0.25) is 0 Å². The topological polar surface area (TPSA) is 17.0 Å². The van der Waals surface area contributed by atoms with Crippen molar-refractivity contribution < 1.29 is 0 Å². The first-order valence-electron chi connectivity index (χ1n) is 4.42. The van der Waals surface area contributed by atoms with Crippen molar-refractivity contribution in [2.24, 2.45) is 0 Å². The van der Waals surface area contributed by atoms with Crippen molar-refractivity contribution in [2.75, 3.05) is 0 Å². The Morgan fingerprint density at radius 1 is 1.31 bits per heavy atom. The molecular formula is C11H14N2. The second-order valence-corrected chi connectivity index (χ2v) is 3.59. The number of hydrogen-bond donors (Lipinski definition) is 1. The molecule has 2 heteroatoms. The molecule has 1 aliphatic rings. The van der Waals surface area contributed by atoms with Crippen molar-refractivity contribution in [1.29, 1.82) is 0 Å². The van der Waals surface area contributed by atoms with Gasteiger partial charge in [-0.2, -0.15) is 0 Å². The highest BCUT2D eigenvalue weighted by molar-refractivity contribution is 5.71. The highest BCUT2D eigenvalue weighted by Crippen LogP contribution is 2.25. The van der Waals surface area contributed by atoms with Crippen molar-refractivity contribution >= 4 is 11.4 Å². The Bertz CT molecular complexity index is 408. The number of nitrogens with zero attached hydrogens (tertiary/aromatic N) is 1. The monoisotopic (exact) mass is 174 g/mol. The lowest BCUT2D eigenvalue weighted by Crippen LogP contribution is -2.19. The van der Waals surface area contributed by atoms with E-state index in [0.29, 0.717) is 0 Å². The van der Waals surface area contributed by atoms with Gasteiger partial charge < -0.3 is 9.88 Å². The summed E-state index contributed by atoms with van der Waals surface area (Å²) in [4.78, 5) is 0. The fraction of sp³-hybridized carbons (Fsp3) is 0.273. The average molecular weight is 174 g/mol. The van der Waals surface area contributed by atoms with Crippen LogP contribution in [0.3, 0.4) is 0 Å².